The molecule has 1 heterocycles. The minimum absolute atomic E-state index is 0.132. The van der Waals surface area contributed by atoms with Crippen LogP contribution in [0.4, 0.5) is 26.2 Å². The van der Waals surface area contributed by atoms with Crippen molar-refractivity contribution in [2.24, 2.45) is 0 Å². The molecule has 0 bridgehead atoms. The molecule has 33 heavy (non-hydrogen) atoms. The second kappa shape index (κ2) is 9.52. The molecule has 3 aromatic carbocycles. The van der Waals surface area contributed by atoms with Gasteiger partial charge in [0.15, 0.2) is 0 Å². The first-order chi connectivity index (χ1) is 15.9. The summed E-state index contributed by atoms with van der Waals surface area (Å²) < 4.78 is 13.1. The fourth-order valence-electron chi connectivity index (χ4n) is 3.64. The lowest BCUT2D eigenvalue weighted by atomic mass is 10.1. The first kappa shape index (κ1) is 22.0. The van der Waals surface area contributed by atoms with E-state index in [-0.39, 0.29) is 24.9 Å². The molecule has 0 fully saturated rings. The predicted octanol–water partition coefficient (Wildman–Crippen LogP) is 3.87. The quantitative estimate of drug-likeness (QED) is 0.647. The number of nitrogens with zero attached hydrogens (tertiary/aromatic N) is 3. The third kappa shape index (κ3) is 5.01. The van der Waals surface area contributed by atoms with Gasteiger partial charge in [0.1, 0.15) is 18.9 Å². The highest BCUT2D eigenvalue weighted by atomic mass is 19.1. The van der Waals surface area contributed by atoms with Crippen molar-refractivity contribution in [1.29, 1.82) is 0 Å². The van der Waals surface area contributed by atoms with Gasteiger partial charge in [-0.3, -0.25) is 19.4 Å². The fraction of sp³-hybridized carbons (Fsp3) is 0.160. The molecule has 1 N–H and O–H groups in total. The van der Waals surface area contributed by atoms with Gasteiger partial charge < -0.3 is 10.2 Å². The molecule has 0 atom stereocenters. The van der Waals surface area contributed by atoms with E-state index >= 15 is 0 Å². The van der Waals surface area contributed by atoms with Crippen LogP contribution in [-0.4, -0.2) is 42.9 Å². The minimum atomic E-state index is -0.519. The van der Waals surface area contributed by atoms with E-state index in [0.29, 0.717) is 23.6 Å². The standard InChI is InChI=1S/C25H23FN4O3/c1-28(15-18-7-3-2-4-8-18)23(31)16-29-21-9-5-6-10-22(21)30(17-24(29)32)25(33)27-20-13-11-19(26)12-14-20/h2-14H,15-17H2,1H3,(H,27,33). The number of benzene rings is 3. The van der Waals surface area contributed by atoms with Gasteiger partial charge in [0.05, 0.1) is 11.4 Å². The molecule has 8 heteroatoms. The Morgan fingerprint density at radius 1 is 0.939 bits per heavy atom. The molecule has 4 amide bonds. The molecule has 0 radical (unpaired) electrons. The molecule has 0 saturated heterocycles. The van der Waals surface area contributed by atoms with Crippen molar-refractivity contribution in [3.8, 4) is 0 Å². The number of fused-ring (bicyclic) bond motifs is 1. The average molecular weight is 446 g/mol. The van der Waals surface area contributed by atoms with Crippen LogP contribution in [-0.2, 0) is 16.1 Å². The van der Waals surface area contributed by atoms with E-state index in [1.54, 1.807) is 36.2 Å². The Kier molecular flexibility index (Phi) is 6.35. The molecular formula is C25H23FN4O3. The van der Waals surface area contributed by atoms with Gasteiger partial charge in [-0.2, -0.15) is 0 Å². The largest absolute Gasteiger partial charge is 0.340 e. The molecule has 0 saturated carbocycles. The van der Waals surface area contributed by atoms with Crippen molar-refractivity contribution in [3.63, 3.8) is 0 Å². The zero-order chi connectivity index (χ0) is 23.4. The van der Waals surface area contributed by atoms with Crippen molar-refractivity contribution in [2.45, 2.75) is 6.54 Å². The molecule has 0 aromatic heterocycles. The molecule has 1 aliphatic rings. The van der Waals surface area contributed by atoms with E-state index in [2.05, 4.69) is 5.32 Å². The monoisotopic (exact) mass is 446 g/mol. The van der Waals surface area contributed by atoms with Gasteiger partial charge in [0.25, 0.3) is 0 Å². The van der Waals surface area contributed by atoms with Gasteiger partial charge in [0.2, 0.25) is 11.8 Å². The van der Waals surface area contributed by atoms with Gasteiger partial charge in [-0.05, 0) is 42.0 Å². The highest BCUT2D eigenvalue weighted by Crippen LogP contribution is 2.33. The van der Waals surface area contributed by atoms with Gasteiger partial charge in [-0.15, -0.1) is 0 Å². The average Bonchev–Trinajstić information content (AvgIpc) is 2.82. The lowest BCUT2D eigenvalue weighted by Gasteiger charge is -2.36. The van der Waals surface area contributed by atoms with Crippen LogP contribution in [0.25, 0.3) is 0 Å². The summed E-state index contributed by atoms with van der Waals surface area (Å²) in [5.41, 5.74) is 2.38. The SMILES string of the molecule is CN(Cc1ccccc1)C(=O)CN1C(=O)CN(C(=O)Nc2ccc(F)cc2)c2ccccc21. The van der Waals surface area contributed by atoms with Crippen LogP contribution >= 0.6 is 0 Å². The summed E-state index contributed by atoms with van der Waals surface area (Å²) in [5.74, 6) is -1.00. The Labute approximate surface area is 191 Å². The third-order valence-electron chi connectivity index (χ3n) is 5.38. The normalized spacial score (nSPS) is 12.8. The number of hydrogen-bond acceptors (Lipinski definition) is 3. The maximum Gasteiger partial charge on any atom is 0.326 e. The van der Waals surface area contributed by atoms with Crippen molar-refractivity contribution in [2.75, 3.05) is 35.3 Å². The Morgan fingerprint density at radius 3 is 2.27 bits per heavy atom. The number of halogens is 1. The number of carbonyl (C=O) groups is 3. The maximum absolute atomic E-state index is 13.1. The third-order valence-corrected chi connectivity index (χ3v) is 5.38. The first-order valence-electron chi connectivity index (χ1n) is 10.4. The van der Waals surface area contributed by atoms with Gasteiger partial charge in [0, 0.05) is 19.3 Å². The van der Waals surface area contributed by atoms with Crippen LogP contribution in [0.15, 0.2) is 78.9 Å². The highest BCUT2D eigenvalue weighted by molar-refractivity contribution is 6.14. The number of amides is 4. The number of carbonyl (C=O) groups excluding carboxylic acids is 3. The summed E-state index contributed by atoms with van der Waals surface area (Å²) in [6, 6.07) is 21.4. The summed E-state index contributed by atoms with van der Waals surface area (Å²) in [6.07, 6.45) is 0. The molecule has 0 spiro atoms. The summed E-state index contributed by atoms with van der Waals surface area (Å²) in [6.45, 7) is 0.0713. The summed E-state index contributed by atoms with van der Waals surface area (Å²) in [7, 11) is 1.69. The smallest absolute Gasteiger partial charge is 0.326 e. The zero-order valence-electron chi connectivity index (χ0n) is 18.1. The summed E-state index contributed by atoms with van der Waals surface area (Å²) in [5, 5.41) is 2.68. The molecule has 4 rings (SSSR count). The van der Waals surface area contributed by atoms with E-state index < -0.39 is 11.8 Å². The van der Waals surface area contributed by atoms with E-state index in [1.807, 2.05) is 30.3 Å². The van der Waals surface area contributed by atoms with E-state index in [0.717, 1.165) is 5.56 Å². The van der Waals surface area contributed by atoms with Crippen molar-refractivity contribution in [1.82, 2.24) is 4.90 Å². The molecular weight excluding hydrogens is 423 g/mol. The van der Waals surface area contributed by atoms with Crippen LogP contribution in [0.1, 0.15) is 5.56 Å². The maximum atomic E-state index is 13.1. The van der Waals surface area contributed by atoms with E-state index in [9.17, 15) is 18.8 Å². The number of anilines is 3. The van der Waals surface area contributed by atoms with E-state index in [4.69, 9.17) is 0 Å². The summed E-state index contributed by atoms with van der Waals surface area (Å²) >= 11 is 0. The van der Waals surface area contributed by atoms with Crippen molar-refractivity contribution >= 4 is 34.9 Å². The molecule has 168 valence electrons. The van der Waals surface area contributed by atoms with Crippen molar-refractivity contribution < 1.29 is 18.8 Å². The number of nitrogens with one attached hydrogen (secondary N) is 1. The van der Waals surface area contributed by atoms with Crippen LogP contribution in [0.5, 0.6) is 0 Å². The number of para-hydroxylation sites is 2. The predicted molar refractivity (Wildman–Crippen MR) is 124 cm³/mol. The van der Waals surface area contributed by atoms with Crippen LogP contribution in [0.3, 0.4) is 0 Å². The number of hydrogen-bond donors (Lipinski definition) is 1. The minimum Gasteiger partial charge on any atom is -0.340 e. The number of rotatable bonds is 5. The molecule has 7 nitrogen and oxygen atoms in total. The Morgan fingerprint density at radius 2 is 1.58 bits per heavy atom. The van der Waals surface area contributed by atoms with Gasteiger partial charge in [-0.25, -0.2) is 9.18 Å². The Bertz CT molecular complexity index is 1170. The van der Waals surface area contributed by atoms with E-state index in [1.165, 1.54) is 34.1 Å². The second-order valence-corrected chi connectivity index (χ2v) is 7.73. The Hall–Kier alpha value is -4.20. The highest BCUT2D eigenvalue weighted by Gasteiger charge is 2.34. The molecule has 0 unspecified atom stereocenters. The van der Waals surface area contributed by atoms with Crippen molar-refractivity contribution in [3.05, 3.63) is 90.2 Å². The van der Waals surface area contributed by atoms with Crippen LogP contribution in [0, 0.1) is 5.82 Å². The molecule has 0 aliphatic carbocycles. The van der Waals surface area contributed by atoms with Gasteiger partial charge in [-0.1, -0.05) is 42.5 Å². The first-order valence-corrected chi connectivity index (χ1v) is 10.4. The van der Waals surface area contributed by atoms with Crippen LogP contribution in [0.2, 0.25) is 0 Å². The molecule has 3 aromatic rings. The van der Waals surface area contributed by atoms with Crippen LogP contribution < -0.4 is 15.1 Å². The lowest BCUT2D eigenvalue weighted by Crippen LogP contribution is -2.52. The number of likely N-dealkylation sites (N-methyl/N-ethyl adjacent to an activating group) is 1. The Balaban J connectivity index is 1.50. The summed E-state index contributed by atoms with van der Waals surface area (Å²) in [4.78, 5) is 43.0. The molecule has 1 aliphatic heterocycles. The van der Waals surface area contributed by atoms with Gasteiger partial charge >= 0.3 is 6.03 Å². The number of urea groups is 1. The zero-order valence-corrected chi connectivity index (χ0v) is 18.1. The topological polar surface area (TPSA) is 73.0 Å². The fourth-order valence-corrected chi connectivity index (χ4v) is 3.64. The lowest BCUT2D eigenvalue weighted by molar-refractivity contribution is -0.130. The second-order valence-electron chi connectivity index (χ2n) is 7.73.